The number of nitrogens with zero attached hydrogens (tertiary/aromatic N) is 3. The van der Waals surface area contributed by atoms with Gasteiger partial charge in [0.2, 0.25) is 5.89 Å². The summed E-state index contributed by atoms with van der Waals surface area (Å²) in [6.07, 6.45) is 3.49. The van der Waals surface area contributed by atoms with E-state index in [0.29, 0.717) is 35.3 Å². The molecule has 2 N–H and O–H groups in total. The van der Waals surface area contributed by atoms with Gasteiger partial charge in [-0.1, -0.05) is 29.4 Å². The second-order valence-corrected chi connectivity index (χ2v) is 7.37. The molecule has 0 saturated carbocycles. The molecule has 0 bridgehead atoms. The van der Waals surface area contributed by atoms with Crippen LogP contribution < -0.4 is 10.5 Å². The van der Waals surface area contributed by atoms with Crippen molar-refractivity contribution in [2.75, 3.05) is 0 Å². The molecule has 0 saturated heterocycles. The zero-order valence-electron chi connectivity index (χ0n) is 16.3. The van der Waals surface area contributed by atoms with E-state index in [0.717, 1.165) is 10.4 Å². The van der Waals surface area contributed by atoms with Gasteiger partial charge in [0, 0.05) is 23.5 Å². The fourth-order valence-corrected chi connectivity index (χ4v) is 3.33. The van der Waals surface area contributed by atoms with Crippen molar-refractivity contribution in [3.63, 3.8) is 0 Å². The Morgan fingerprint density at radius 3 is 2.90 bits per heavy atom. The summed E-state index contributed by atoms with van der Waals surface area (Å²) in [4.78, 5) is 14.9. The molecule has 1 aromatic carbocycles. The predicted molar refractivity (Wildman–Crippen MR) is 115 cm³/mol. The van der Waals surface area contributed by atoms with Gasteiger partial charge < -0.3 is 19.7 Å². The highest BCUT2D eigenvalue weighted by atomic mass is 32.1. The van der Waals surface area contributed by atoms with Crippen molar-refractivity contribution in [1.29, 1.82) is 0 Å². The van der Waals surface area contributed by atoms with Crippen LogP contribution in [0.4, 0.5) is 0 Å². The smallest absolute Gasteiger partial charge is 0.236 e. The Bertz CT molecular complexity index is 1120. The number of benzene rings is 1. The Morgan fingerprint density at radius 1 is 1.17 bits per heavy atom. The van der Waals surface area contributed by atoms with Crippen molar-refractivity contribution < 1.29 is 14.0 Å². The number of oxime groups is 1. The molecule has 0 aliphatic rings. The van der Waals surface area contributed by atoms with Gasteiger partial charge in [-0.3, -0.25) is 4.98 Å². The van der Waals surface area contributed by atoms with Crippen molar-refractivity contribution in [2.24, 2.45) is 10.9 Å². The predicted octanol–water partition coefficient (Wildman–Crippen LogP) is 4.52. The SMILES string of the molecule is Cc1oc(-c2cccs2)nc1CON=C(N)c1cccc(OCc2cccnc2)c1. The second-order valence-electron chi connectivity index (χ2n) is 6.43. The molecule has 0 aliphatic carbocycles. The van der Waals surface area contributed by atoms with Crippen LogP contribution in [0.15, 0.2) is 75.9 Å². The van der Waals surface area contributed by atoms with Crippen molar-refractivity contribution in [1.82, 2.24) is 9.97 Å². The number of pyridine rings is 1. The number of amidine groups is 1. The molecule has 0 spiro atoms. The lowest BCUT2D eigenvalue weighted by Gasteiger charge is -2.08. The number of nitrogens with two attached hydrogens (primary N) is 1. The van der Waals surface area contributed by atoms with E-state index in [1.165, 1.54) is 0 Å². The minimum absolute atomic E-state index is 0.165. The molecule has 152 valence electrons. The van der Waals surface area contributed by atoms with E-state index in [9.17, 15) is 0 Å². The molecule has 3 heterocycles. The number of thiophene rings is 1. The van der Waals surface area contributed by atoms with Crippen LogP contribution in [0.2, 0.25) is 0 Å². The fourth-order valence-electron chi connectivity index (χ4n) is 2.68. The summed E-state index contributed by atoms with van der Waals surface area (Å²) in [5.41, 5.74) is 8.44. The quantitative estimate of drug-likeness (QED) is 0.256. The number of oxazole rings is 1. The molecule has 0 aliphatic heterocycles. The van der Waals surface area contributed by atoms with E-state index in [2.05, 4.69) is 15.1 Å². The number of aromatic nitrogens is 2. The highest BCUT2D eigenvalue weighted by molar-refractivity contribution is 7.13. The first-order chi connectivity index (χ1) is 14.7. The molecule has 4 rings (SSSR count). The summed E-state index contributed by atoms with van der Waals surface area (Å²) in [7, 11) is 0. The van der Waals surface area contributed by atoms with Crippen LogP contribution in [0.1, 0.15) is 22.6 Å². The van der Waals surface area contributed by atoms with Crippen molar-refractivity contribution in [2.45, 2.75) is 20.1 Å². The monoisotopic (exact) mass is 420 g/mol. The molecular weight excluding hydrogens is 400 g/mol. The molecule has 8 heteroatoms. The van der Waals surface area contributed by atoms with Crippen LogP contribution >= 0.6 is 11.3 Å². The molecule has 30 heavy (non-hydrogen) atoms. The second kappa shape index (κ2) is 9.23. The zero-order chi connectivity index (χ0) is 20.8. The molecule has 0 amide bonds. The van der Waals surface area contributed by atoms with Gasteiger partial charge in [0.25, 0.3) is 0 Å². The van der Waals surface area contributed by atoms with Gasteiger partial charge in [0.05, 0.1) is 4.88 Å². The van der Waals surface area contributed by atoms with E-state index >= 15 is 0 Å². The average molecular weight is 420 g/mol. The van der Waals surface area contributed by atoms with Crippen LogP contribution in [0.25, 0.3) is 10.8 Å². The lowest BCUT2D eigenvalue weighted by Crippen LogP contribution is -2.14. The first kappa shape index (κ1) is 19.7. The molecule has 4 aromatic rings. The summed E-state index contributed by atoms with van der Waals surface area (Å²) in [6, 6.07) is 15.1. The number of ether oxygens (including phenoxy) is 1. The average Bonchev–Trinajstić information content (AvgIpc) is 3.43. The number of aryl methyl sites for hydroxylation is 1. The number of hydrogen-bond acceptors (Lipinski definition) is 7. The molecule has 0 unspecified atom stereocenters. The van der Waals surface area contributed by atoms with E-state index < -0.39 is 0 Å². The van der Waals surface area contributed by atoms with Gasteiger partial charge in [-0.25, -0.2) is 4.98 Å². The maximum absolute atomic E-state index is 6.07. The lowest BCUT2D eigenvalue weighted by molar-refractivity contribution is 0.127. The molecular formula is C22H20N4O3S. The van der Waals surface area contributed by atoms with Crippen LogP contribution in [0.5, 0.6) is 5.75 Å². The maximum atomic E-state index is 6.07. The largest absolute Gasteiger partial charge is 0.489 e. The van der Waals surface area contributed by atoms with E-state index in [1.807, 2.05) is 60.8 Å². The summed E-state index contributed by atoms with van der Waals surface area (Å²) in [6.45, 7) is 2.43. The van der Waals surface area contributed by atoms with Crippen molar-refractivity contribution in [3.8, 4) is 16.5 Å². The Labute approximate surface area is 177 Å². The highest BCUT2D eigenvalue weighted by Gasteiger charge is 2.12. The summed E-state index contributed by atoms with van der Waals surface area (Å²) in [5, 5.41) is 5.99. The van der Waals surface area contributed by atoms with Gasteiger partial charge in [-0.15, -0.1) is 11.3 Å². The first-order valence-corrected chi connectivity index (χ1v) is 10.1. The summed E-state index contributed by atoms with van der Waals surface area (Å²) >= 11 is 1.57. The minimum atomic E-state index is 0.165. The number of rotatable bonds is 8. The molecule has 0 radical (unpaired) electrons. The zero-order valence-corrected chi connectivity index (χ0v) is 17.1. The topological polar surface area (TPSA) is 95.8 Å². The van der Waals surface area contributed by atoms with Crippen molar-refractivity contribution >= 4 is 17.2 Å². The Morgan fingerprint density at radius 2 is 2.10 bits per heavy atom. The van der Waals surface area contributed by atoms with Crippen LogP contribution in [0.3, 0.4) is 0 Å². The van der Waals surface area contributed by atoms with Gasteiger partial charge in [-0.2, -0.15) is 0 Å². The third kappa shape index (κ3) is 4.84. The summed E-state index contributed by atoms with van der Waals surface area (Å²) in [5.74, 6) is 2.21. The van der Waals surface area contributed by atoms with E-state index in [4.69, 9.17) is 19.7 Å². The first-order valence-electron chi connectivity index (χ1n) is 9.27. The van der Waals surface area contributed by atoms with Crippen molar-refractivity contribution in [3.05, 3.63) is 88.9 Å². The van der Waals surface area contributed by atoms with Crippen LogP contribution in [-0.2, 0) is 18.1 Å². The van der Waals surface area contributed by atoms with Crippen LogP contribution in [0, 0.1) is 6.92 Å². The van der Waals surface area contributed by atoms with Gasteiger partial charge in [0.15, 0.2) is 12.4 Å². The molecule has 0 fully saturated rings. The standard InChI is InChI=1S/C22H20N4O3S/c1-15-19(25-22(29-15)20-8-4-10-30-20)14-28-26-21(23)17-6-2-7-18(11-17)27-13-16-5-3-9-24-12-16/h2-12H,13-14H2,1H3,(H2,23,26). The molecule has 7 nitrogen and oxygen atoms in total. The van der Waals surface area contributed by atoms with E-state index in [1.54, 1.807) is 23.7 Å². The number of hydrogen-bond donors (Lipinski definition) is 1. The Balaban J connectivity index is 1.37. The molecule has 0 atom stereocenters. The van der Waals surface area contributed by atoms with E-state index in [-0.39, 0.29) is 12.4 Å². The third-order valence-corrected chi connectivity index (χ3v) is 5.10. The highest BCUT2D eigenvalue weighted by Crippen LogP contribution is 2.26. The fraction of sp³-hybridized carbons (Fsp3) is 0.136. The van der Waals surface area contributed by atoms with Gasteiger partial charge in [-0.05, 0) is 36.6 Å². The third-order valence-electron chi connectivity index (χ3n) is 4.25. The summed E-state index contributed by atoms with van der Waals surface area (Å²) < 4.78 is 11.5. The maximum Gasteiger partial charge on any atom is 0.236 e. The normalized spacial score (nSPS) is 11.4. The Kier molecular flexibility index (Phi) is 6.05. The Hall–Kier alpha value is -3.65. The van der Waals surface area contributed by atoms with Gasteiger partial charge in [0.1, 0.15) is 23.8 Å². The molecule has 3 aromatic heterocycles. The lowest BCUT2D eigenvalue weighted by atomic mass is 10.2. The van der Waals surface area contributed by atoms with Crippen LogP contribution in [-0.4, -0.2) is 15.8 Å². The van der Waals surface area contributed by atoms with Gasteiger partial charge >= 0.3 is 0 Å². The minimum Gasteiger partial charge on any atom is -0.489 e.